The smallest absolute Gasteiger partial charge is 0.0323 e. The predicted molar refractivity (Wildman–Crippen MR) is 75.5 cm³/mol. The SMILES string of the molecule is c1ccc(CC2CCC(c3ccccc3)N2)cc1. The Morgan fingerprint density at radius 3 is 2.22 bits per heavy atom. The number of hydrogen-bond donors (Lipinski definition) is 1. The molecule has 0 aliphatic carbocycles. The van der Waals surface area contributed by atoms with Gasteiger partial charge in [-0.3, -0.25) is 0 Å². The fourth-order valence-corrected chi connectivity index (χ4v) is 2.83. The van der Waals surface area contributed by atoms with Crippen molar-refractivity contribution in [3.63, 3.8) is 0 Å². The van der Waals surface area contributed by atoms with E-state index in [-0.39, 0.29) is 0 Å². The second-order valence-corrected chi connectivity index (χ2v) is 5.09. The van der Waals surface area contributed by atoms with E-state index in [2.05, 4.69) is 66.0 Å². The van der Waals surface area contributed by atoms with Crippen molar-refractivity contribution in [1.29, 1.82) is 0 Å². The van der Waals surface area contributed by atoms with Gasteiger partial charge in [-0.2, -0.15) is 0 Å². The molecule has 18 heavy (non-hydrogen) atoms. The van der Waals surface area contributed by atoms with Crippen LogP contribution in [0.5, 0.6) is 0 Å². The molecule has 1 heteroatoms. The van der Waals surface area contributed by atoms with Gasteiger partial charge in [-0.15, -0.1) is 0 Å². The van der Waals surface area contributed by atoms with Crippen LogP contribution in [0, 0.1) is 0 Å². The number of rotatable bonds is 3. The molecule has 0 amide bonds. The lowest BCUT2D eigenvalue weighted by Crippen LogP contribution is -2.26. The van der Waals surface area contributed by atoms with Crippen LogP contribution in [0.15, 0.2) is 60.7 Å². The average Bonchev–Trinajstić information content (AvgIpc) is 2.89. The molecular weight excluding hydrogens is 218 g/mol. The lowest BCUT2D eigenvalue weighted by atomic mass is 10.0. The maximum atomic E-state index is 3.76. The van der Waals surface area contributed by atoms with Gasteiger partial charge in [0.1, 0.15) is 0 Å². The summed E-state index contributed by atoms with van der Waals surface area (Å²) in [6, 6.07) is 22.7. The van der Waals surface area contributed by atoms with E-state index < -0.39 is 0 Å². The summed E-state index contributed by atoms with van der Waals surface area (Å²) >= 11 is 0. The summed E-state index contributed by atoms with van der Waals surface area (Å²) in [5.74, 6) is 0. The molecule has 1 N–H and O–H groups in total. The van der Waals surface area contributed by atoms with Gasteiger partial charge < -0.3 is 5.32 Å². The van der Waals surface area contributed by atoms with E-state index in [0.29, 0.717) is 12.1 Å². The van der Waals surface area contributed by atoms with Crippen LogP contribution in [-0.2, 0) is 6.42 Å². The third kappa shape index (κ3) is 2.62. The number of nitrogens with one attached hydrogen (secondary N) is 1. The van der Waals surface area contributed by atoms with Crippen molar-refractivity contribution in [2.24, 2.45) is 0 Å². The van der Waals surface area contributed by atoms with Crippen molar-refractivity contribution in [3.8, 4) is 0 Å². The van der Waals surface area contributed by atoms with Crippen LogP contribution >= 0.6 is 0 Å². The first-order chi connectivity index (χ1) is 8.92. The van der Waals surface area contributed by atoms with Crippen LogP contribution < -0.4 is 5.32 Å². The van der Waals surface area contributed by atoms with Gasteiger partial charge in [0.25, 0.3) is 0 Å². The van der Waals surface area contributed by atoms with Crippen molar-refractivity contribution in [2.45, 2.75) is 31.3 Å². The van der Waals surface area contributed by atoms with Crippen molar-refractivity contribution in [3.05, 3.63) is 71.8 Å². The van der Waals surface area contributed by atoms with E-state index in [0.717, 1.165) is 6.42 Å². The zero-order valence-electron chi connectivity index (χ0n) is 10.5. The normalized spacial score (nSPS) is 23.1. The Kier molecular flexibility index (Phi) is 3.42. The van der Waals surface area contributed by atoms with Crippen molar-refractivity contribution in [2.75, 3.05) is 0 Å². The maximum absolute atomic E-state index is 3.76. The van der Waals surface area contributed by atoms with Crippen LogP contribution in [0.3, 0.4) is 0 Å². The molecule has 0 radical (unpaired) electrons. The molecule has 2 unspecified atom stereocenters. The van der Waals surface area contributed by atoms with E-state index in [9.17, 15) is 0 Å². The standard InChI is InChI=1S/C17H19N/c1-3-7-14(8-4-1)13-16-11-12-17(18-16)15-9-5-2-6-10-15/h1-10,16-18H,11-13H2. The first-order valence-corrected chi connectivity index (χ1v) is 6.77. The largest absolute Gasteiger partial charge is 0.307 e. The molecule has 1 aliphatic heterocycles. The van der Waals surface area contributed by atoms with E-state index in [1.165, 1.54) is 24.0 Å². The maximum Gasteiger partial charge on any atom is 0.0323 e. The highest BCUT2D eigenvalue weighted by Crippen LogP contribution is 2.27. The summed E-state index contributed by atoms with van der Waals surface area (Å²) in [5, 5.41) is 3.76. The second-order valence-electron chi connectivity index (χ2n) is 5.09. The highest BCUT2D eigenvalue weighted by molar-refractivity contribution is 5.21. The highest BCUT2D eigenvalue weighted by Gasteiger charge is 2.24. The summed E-state index contributed by atoms with van der Waals surface area (Å²) in [6.45, 7) is 0. The summed E-state index contributed by atoms with van der Waals surface area (Å²) < 4.78 is 0. The Hall–Kier alpha value is -1.60. The van der Waals surface area contributed by atoms with Gasteiger partial charge in [-0.25, -0.2) is 0 Å². The molecule has 1 saturated heterocycles. The Balaban J connectivity index is 1.62. The van der Waals surface area contributed by atoms with Crippen LogP contribution in [0.4, 0.5) is 0 Å². The third-order valence-electron chi connectivity index (χ3n) is 3.77. The molecule has 0 spiro atoms. The Morgan fingerprint density at radius 2 is 1.50 bits per heavy atom. The quantitative estimate of drug-likeness (QED) is 0.858. The molecule has 0 saturated carbocycles. The van der Waals surface area contributed by atoms with Crippen LogP contribution in [0.1, 0.15) is 30.0 Å². The molecule has 1 fully saturated rings. The first kappa shape index (κ1) is 11.5. The minimum Gasteiger partial charge on any atom is -0.307 e. The molecular formula is C17H19N. The molecule has 2 atom stereocenters. The summed E-state index contributed by atoms with van der Waals surface area (Å²) in [7, 11) is 0. The van der Waals surface area contributed by atoms with Crippen LogP contribution in [0.25, 0.3) is 0 Å². The van der Waals surface area contributed by atoms with E-state index in [1.807, 2.05) is 0 Å². The van der Waals surface area contributed by atoms with E-state index in [1.54, 1.807) is 0 Å². The lowest BCUT2D eigenvalue weighted by molar-refractivity contribution is 0.550. The monoisotopic (exact) mass is 237 g/mol. The molecule has 3 rings (SSSR count). The van der Waals surface area contributed by atoms with Crippen LogP contribution in [0.2, 0.25) is 0 Å². The van der Waals surface area contributed by atoms with Gasteiger partial charge >= 0.3 is 0 Å². The molecule has 1 nitrogen and oxygen atoms in total. The lowest BCUT2D eigenvalue weighted by Gasteiger charge is -2.14. The molecule has 0 aromatic heterocycles. The zero-order valence-corrected chi connectivity index (χ0v) is 10.5. The first-order valence-electron chi connectivity index (χ1n) is 6.77. The summed E-state index contributed by atoms with van der Waals surface area (Å²) in [4.78, 5) is 0. The van der Waals surface area contributed by atoms with Crippen molar-refractivity contribution < 1.29 is 0 Å². The molecule has 0 bridgehead atoms. The van der Waals surface area contributed by atoms with Gasteiger partial charge in [0.15, 0.2) is 0 Å². The van der Waals surface area contributed by atoms with Gasteiger partial charge in [0, 0.05) is 12.1 Å². The number of benzene rings is 2. The van der Waals surface area contributed by atoms with Crippen molar-refractivity contribution >= 4 is 0 Å². The van der Waals surface area contributed by atoms with Gasteiger partial charge in [0.05, 0.1) is 0 Å². The van der Waals surface area contributed by atoms with E-state index >= 15 is 0 Å². The second kappa shape index (κ2) is 5.36. The number of hydrogen-bond acceptors (Lipinski definition) is 1. The minimum absolute atomic E-state index is 0.542. The fourth-order valence-electron chi connectivity index (χ4n) is 2.83. The third-order valence-corrected chi connectivity index (χ3v) is 3.77. The van der Waals surface area contributed by atoms with E-state index in [4.69, 9.17) is 0 Å². The molecule has 1 aliphatic rings. The average molecular weight is 237 g/mol. The molecule has 2 aromatic rings. The van der Waals surface area contributed by atoms with Gasteiger partial charge in [-0.1, -0.05) is 60.7 Å². The molecule has 2 aromatic carbocycles. The summed E-state index contributed by atoms with van der Waals surface area (Å²) in [6.07, 6.45) is 3.67. The zero-order chi connectivity index (χ0) is 12.2. The fraction of sp³-hybridized carbons (Fsp3) is 0.294. The molecule has 1 heterocycles. The van der Waals surface area contributed by atoms with Gasteiger partial charge in [-0.05, 0) is 30.4 Å². The molecule has 92 valence electrons. The summed E-state index contributed by atoms with van der Waals surface area (Å²) in [5.41, 5.74) is 2.86. The highest BCUT2D eigenvalue weighted by atomic mass is 15.0. The van der Waals surface area contributed by atoms with Crippen molar-refractivity contribution in [1.82, 2.24) is 5.32 Å². The van der Waals surface area contributed by atoms with Crippen LogP contribution in [-0.4, -0.2) is 6.04 Å². The minimum atomic E-state index is 0.542. The van der Waals surface area contributed by atoms with Gasteiger partial charge in [0.2, 0.25) is 0 Å². The Labute approximate surface area is 109 Å². The topological polar surface area (TPSA) is 12.0 Å². The predicted octanol–water partition coefficient (Wildman–Crippen LogP) is 3.72. The Morgan fingerprint density at radius 1 is 0.833 bits per heavy atom. The Bertz CT molecular complexity index is 477.